The molecule has 2 aliphatic rings. The van der Waals surface area contributed by atoms with Gasteiger partial charge in [0.05, 0.1) is 6.10 Å². The Morgan fingerprint density at radius 3 is 2.50 bits per heavy atom. The molecule has 3 rings (SSSR count). The molecule has 24 heavy (non-hydrogen) atoms. The molecular weight excluding hydrogens is 296 g/mol. The van der Waals surface area contributed by atoms with Crippen LogP contribution >= 0.6 is 0 Å². The Morgan fingerprint density at radius 2 is 1.88 bits per heavy atom. The van der Waals surface area contributed by atoms with Gasteiger partial charge in [0, 0.05) is 7.11 Å². The summed E-state index contributed by atoms with van der Waals surface area (Å²) in [5.74, 6) is 1.47. The summed E-state index contributed by atoms with van der Waals surface area (Å²) in [6.07, 6.45) is 6.33. The van der Waals surface area contributed by atoms with Gasteiger partial charge in [-0.2, -0.15) is 0 Å². The molecule has 0 aliphatic heterocycles. The van der Waals surface area contributed by atoms with Crippen molar-refractivity contribution in [3.63, 3.8) is 0 Å². The third kappa shape index (κ3) is 2.49. The van der Waals surface area contributed by atoms with E-state index < -0.39 is 0 Å². The fourth-order valence-corrected chi connectivity index (χ4v) is 5.79. The third-order valence-electron chi connectivity index (χ3n) is 7.45. The highest BCUT2D eigenvalue weighted by atomic mass is 16.5. The first-order valence-corrected chi connectivity index (χ1v) is 9.63. The SMILES string of the molecule is COC(C)[C@]1(C)CCC[C@]2(C)c3cc(O)c(C(C)C)cc3CCC12. The number of aryl methyl sites for hydroxylation is 1. The van der Waals surface area contributed by atoms with Gasteiger partial charge in [-0.05, 0) is 78.0 Å². The number of hydrogen-bond acceptors (Lipinski definition) is 2. The number of rotatable bonds is 3. The smallest absolute Gasteiger partial charge is 0.119 e. The predicted molar refractivity (Wildman–Crippen MR) is 99.8 cm³/mol. The topological polar surface area (TPSA) is 29.5 Å². The molecule has 0 heterocycles. The van der Waals surface area contributed by atoms with Crippen LogP contribution < -0.4 is 0 Å². The zero-order valence-electron chi connectivity index (χ0n) is 16.3. The number of phenols is 1. The minimum atomic E-state index is 0.153. The molecule has 0 amide bonds. The first-order valence-electron chi connectivity index (χ1n) is 9.63. The van der Waals surface area contributed by atoms with Crippen LogP contribution in [0.3, 0.4) is 0 Å². The lowest BCUT2D eigenvalue weighted by molar-refractivity contribution is -0.0819. The Balaban J connectivity index is 2.09. The van der Waals surface area contributed by atoms with Gasteiger partial charge in [0.1, 0.15) is 5.75 Å². The molecular formula is C22H34O2. The van der Waals surface area contributed by atoms with Gasteiger partial charge in [-0.1, -0.05) is 40.2 Å². The van der Waals surface area contributed by atoms with Crippen molar-refractivity contribution in [2.24, 2.45) is 11.3 Å². The fourth-order valence-electron chi connectivity index (χ4n) is 5.79. The Morgan fingerprint density at radius 1 is 1.17 bits per heavy atom. The van der Waals surface area contributed by atoms with Crippen LogP contribution in [0, 0.1) is 11.3 Å². The lowest BCUT2D eigenvalue weighted by Crippen LogP contribution is -2.53. The predicted octanol–water partition coefficient (Wildman–Crippen LogP) is 5.56. The number of phenolic OH excluding ortho intramolecular Hbond substituents is 1. The van der Waals surface area contributed by atoms with E-state index in [1.165, 1.54) is 36.8 Å². The molecule has 1 fully saturated rings. The van der Waals surface area contributed by atoms with Gasteiger partial charge in [0.2, 0.25) is 0 Å². The van der Waals surface area contributed by atoms with Crippen molar-refractivity contribution < 1.29 is 9.84 Å². The van der Waals surface area contributed by atoms with Crippen molar-refractivity contribution in [1.82, 2.24) is 0 Å². The summed E-state index contributed by atoms with van der Waals surface area (Å²) in [7, 11) is 1.85. The molecule has 2 heteroatoms. The van der Waals surface area contributed by atoms with E-state index in [1.54, 1.807) is 0 Å². The van der Waals surface area contributed by atoms with E-state index in [4.69, 9.17) is 4.74 Å². The standard InChI is InChI=1S/C22H34O2/c1-14(2)17-12-16-8-9-20-21(4,15(3)24-6)10-7-11-22(20,5)18(16)13-19(17)23/h12-15,20,23H,7-11H2,1-6H3/t15?,20?,21-,22+/m0/s1. The van der Waals surface area contributed by atoms with Crippen molar-refractivity contribution in [3.05, 3.63) is 28.8 Å². The van der Waals surface area contributed by atoms with E-state index >= 15 is 0 Å². The Kier molecular flexibility index (Phi) is 4.49. The summed E-state index contributed by atoms with van der Waals surface area (Å²) in [5.41, 5.74) is 4.32. The van der Waals surface area contributed by atoms with Crippen LogP contribution in [0.2, 0.25) is 0 Å². The molecule has 2 aliphatic carbocycles. The highest BCUT2D eigenvalue weighted by molar-refractivity contribution is 5.48. The quantitative estimate of drug-likeness (QED) is 0.786. The summed E-state index contributed by atoms with van der Waals surface area (Å²) in [5, 5.41) is 10.6. The van der Waals surface area contributed by atoms with Crippen LogP contribution in [0.15, 0.2) is 12.1 Å². The summed E-state index contributed by atoms with van der Waals surface area (Å²) < 4.78 is 5.80. The summed E-state index contributed by atoms with van der Waals surface area (Å²) in [4.78, 5) is 0. The van der Waals surface area contributed by atoms with Crippen molar-refractivity contribution in [3.8, 4) is 5.75 Å². The Bertz CT molecular complexity index is 621. The van der Waals surface area contributed by atoms with Gasteiger partial charge in [-0.3, -0.25) is 0 Å². The minimum absolute atomic E-state index is 0.153. The molecule has 0 saturated heterocycles. The normalized spacial score (nSPS) is 33.9. The lowest BCUT2D eigenvalue weighted by atomic mass is 9.48. The number of fused-ring (bicyclic) bond motifs is 3. The van der Waals surface area contributed by atoms with Gasteiger partial charge in [0.25, 0.3) is 0 Å². The fraction of sp³-hybridized carbons (Fsp3) is 0.727. The van der Waals surface area contributed by atoms with Crippen LogP contribution in [0.25, 0.3) is 0 Å². The average Bonchev–Trinajstić information content (AvgIpc) is 2.53. The maximum Gasteiger partial charge on any atom is 0.119 e. The number of hydrogen-bond donors (Lipinski definition) is 1. The van der Waals surface area contributed by atoms with Crippen LogP contribution in [0.4, 0.5) is 0 Å². The molecule has 0 radical (unpaired) electrons. The number of benzene rings is 1. The van der Waals surface area contributed by atoms with E-state index in [0.717, 1.165) is 12.0 Å². The summed E-state index contributed by atoms with van der Waals surface area (Å²) >= 11 is 0. The van der Waals surface area contributed by atoms with E-state index in [1.807, 2.05) is 7.11 Å². The molecule has 2 unspecified atom stereocenters. The highest BCUT2D eigenvalue weighted by Gasteiger charge is 2.54. The first kappa shape index (κ1) is 17.8. The van der Waals surface area contributed by atoms with Gasteiger partial charge < -0.3 is 9.84 Å². The van der Waals surface area contributed by atoms with Crippen molar-refractivity contribution >= 4 is 0 Å². The molecule has 4 atom stereocenters. The molecule has 0 aromatic heterocycles. The summed E-state index contributed by atoms with van der Waals surface area (Å²) in [6.45, 7) is 11.4. The first-order chi connectivity index (χ1) is 11.2. The lowest BCUT2D eigenvalue weighted by Gasteiger charge is -2.57. The van der Waals surface area contributed by atoms with E-state index in [9.17, 15) is 5.11 Å². The molecule has 1 N–H and O–H groups in total. The van der Waals surface area contributed by atoms with Crippen molar-refractivity contribution in [2.75, 3.05) is 7.11 Å². The molecule has 0 spiro atoms. The molecule has 1 saturated carbocycles. The maximum atomic E-state index is 10.6. The average molecular weight is 331 g/mol. The highest BCUT2D eigenvalue weighted by Crippen LogP contribution is 2.59. The van der Waals surface area contributed by atoms with Crippen LogP contribution in [-0.4, -0.2) is 18.3 Å². The Labute approximate surface area is 147 Å². The third-order valence-corrected chi connectivity index (χ3v) is 7.45. The van der Waals surface area contributed by atoms with Gasteiger partial charge in [-0.25, -0.2) is 0 Å². The van der Waals surface area contributed by atoms with E-state index in [-0.39, 0.29) is 16.9 Å². The van der Waals surface area contributed by atoms with Crippen molar-refractivity contribution in [1.29, 1.82) is 0 Å². The van der Waals surface area contributed by atoms with E-state index in [0.29, 0.717) is 17.6 Å². The van der Waals surface area contributed by atoms with Gasteiger partial charge in [-0.15, -0.1) is 0 Å². The minimum Gasteiger partial charge on any atom is -0.508 e. The zero-order chi connectivity index (χ0) is 17.7. The molecule has 1 aromatic rings. The molecule has 1 aromatic carbocycles. The van der Waals surface area contributed by atoms with Crippen LogP contribution in [-0.2, 0) is 16.6 Å². The number of aromatic hydroxyl groups is 1. The number of ether oxygens (including phenoxy) is 1. The van der Waals surface area contributed by atoms with Gasteiger partial charge >= 0.3 is 0 Å². The van der Waals surface area contributed by atoms with Crippen LogP contribution in [0.1, 0.15) is 82.9 Å². The second-order valence-corrected chi connectivity index (χ2v) is 8.97. The molecule has 134 valence electrons. The second-order valence-electron chi connectivity index (χ2n) is 8.97. The van der Waals surface area contributed by atoms with Crippen LogP contribution in [0.5, 0.6) is 5.75 Å². The second kappa shape index (κ2) is 6.05. The summed E-state index contributed by atoms with van der Waals surface area (Å²) in [6, 6.07) is 4.38. The zero-order valence-corrected chi connectivity index (χ0v) is 16.3. The van der Waals surface area contributed by atoms with Crippen molar-refractivity contribution in [2.45, 2.75) is 84.2 Å². The number of methoxy groups -OCH3 is 1. The van der Waals surface area contributed by atoms with E-state index in [2.05, 4.69) is 46.8 Å². The molecule has 0 bridgehead atoms. The van der Waals surface area contributed by atoms with Gasteiger partial charge in [0.15, 0.2) is 0 Å². The maximum absolute atomic E-state index is 10.6. The Hall–Kier alpha value is -1.02. The molecule has 2 nitrogen and oxygen atoms in total. The largest absolute Gasteiger partial charge is 0.508 e. The monoisotopic (exact) mass is 330 g/mol.